The standard InChI is InChI=1S/C26H22FN3O5/c27-18-3-1-15(2-4-18)21(31)13-29-26(33)17-11-16-12-19(5-7-22(16)34-14-17)35-23-9-10-28-25-20(23)6-8-24(32)30-25/h1-5,7,9-10,12,17H,6,8,11,13-14H2,(H,29,33)(H,28,30,32). The van der Waals surface area contributed by atoms with Gasteiger partial charge < -0.3 is 20.1 Å². The van der Waals surface area contributed by atoms with Crippen molar-refractivity contribution in [3.63, 3.8) is 0 Å². The topological polar surface area (TPSA) is 107 Å². The number of rotatable bonds is 6. The molecule has 0 saturated carbocycles. The minimum atomic E-state index is -0.470. The second-order valence-corrected chi connectivity index (χ2v) is 8.42. The van der Waals surface area contributed by atoms with Crippen LogP contribution >= 0.6 is 0 Å². The summed E-state index contributed by atoms with van der Waals surface area (Å²) in [5.41, 5.74) is 1.98. The first-order valence-corrected chi connectivity index (χ1v) is 11.2. The van der Waals surface area contributed by atoms with Crippen molar-refractivity contribution in [3.05, 3.63) is 77.2 Å². The van der Waals surface area contributed by atoms with Crippen LogP contribution in [0.3, 0.4) is 0 Å². The number of ether oxygens (including phenoxy) is 2. The number of pyridine rings is 1. The normalized spacial score (nSPS) is 16.3. The molecule has 1 unspecified atom stereocenters. The van der Waals surface area contributed by atoms with E-state index in [0.29, 0.717) is 47.9 Å². The highest BCUT2D eigenvalue weighted by Gasteiger charge is 2.27. The molecule has 0 radical (unpaired) electrons. The van der Waals surface area contributed by atoms with Crippen molar-refractivity contribution >= 4 is 23.4 Å². The number of hydrogen-bond acceptors (Lipinski definition) is 6. The number of nitrogens with one attached hydrogen (secondary N) is 2. The molecule has 2 amide bonds. The van der Waals surface area contributed by atoms with Crippen molar-refractivity contribution in [1.82, 2.24) is 10.3 Å². The third-order valence-electron chi connectivity index (χ3n) is 6.00. The quantitative estimate of drug-likeness (QED) is 0.529. The summed E-state index contributed by atoms with van der Waals surface area (Å²) in [6.45, 7) is 0.0159. The Labute approximate surface area is 200 Å². The van der Waals surface area contributed by atoms with Crippen molar-refractivity contribution < 1.29 is 28.2 Å². The molecule has 0 bridgehead atoms. The maximum Gasteiger partial charge on any atom is 0.227 e. The molecule has 1 atom stereocenters. The maximum absolute atomic E-state index is 13.0. The van der Waals surface area contributed by atoms with Crippen LogP contribution in [0.25, 0.3) is 0 Å². The Morgan fingerprint density at radius 2 is 1.97 bits per heavy atom. The molecule has 5 rings (SSSR count). The number of aromatic nitrogens is 1. The first-order chi connectivity index (χ1) is 17.0. The Balaban J connectivity index is 1.24. The van der Waals surface area contributed by atoms with Crippen LogP contribution in [-0.4, -0.2) is 35.7 Å². The van der Waals surface area contributed by atoms with Crippen LogP contribution in [0.15, 0.2) is 54.7 Å². The maximum atomic E-state index is 13.0. The van der Waals surface area contributed by atoms with E-state index < -0.39 is 11.7 Å². The molecular weight excluding hydrogens is 453 g/mol. The number of hydrogen-bond donors (Lipinski definition) is 2. The zero-order chi connectivity index (χ0) is 24.4. The highest BCUT2D eigenvalue weighted by atomic mass is 19.1. The minimum Gasteiger partial charge on any atom is -0.492 e. The number of benzene rings is 2. The van der Waals surface area contributed by atoms with E-state index in [1.807, 2.05) is 6.07 Å². The van der Waals surface area contributed by atoms with Gasteiger partial charge >= 0.3 is 0 Å². The molecule has 9 heteroatoms. The van der Waals surface area contributed by atoms with Crippen LogP contribution in [0.4, 0.5) is 10.2 Å². The zero-order valence-electron chi connectivity index (χ0n) is 18.7. The average Bonchev–Trinajstić information content (AvgIpc) is 2.87. The molecule has 0 spiro atoms. The van der Waals surface area contributed by atoms with Crippen molar-refractivity contribution in [2.45, 2.75) is 19.3 Å². The lowest BCUT2D eigenvalue weighted by Gasteiger charge is -2.25. The molecular formula is C26H22FN3O5. The highest BCUT2D eigenvalue weighted by molar-refractivity contribution is 5.99. The van der Waals surface area contributed by atoms with Gasteiger partial charge in [0, 0.05) is 23.7 Å². The average molecular weight is 475 g/mol. The van der Waals surface area contributed by atoms with Gasteiger partial charge in [-0.2, -0.15) is 0 Å². The fourth-order valence-corrected chi connectivity index (χ4v) is 4.13. The van der Waals surface area contributed by atoms with Gasteiger partial charge in [0.05, 0.1) is 12.5 Å². The summed E-state index contributed by atoms with van der Waals surface area (Å²) in [5.74, 6) is 0.798. The summed E-state index contributed by atoms with van der Waals surface area (Å²) >= 11 is 0. The molecule has 2 aromatic carbocycles. The molecule has 3 aromatic rings. The van der Waals surface area contributed by atoms with E-state index in [0.717, 1.165) is 11.1 Å². The lowest BCUT2D eigenvalue weighted by Crippen LogP contribution is -2.39. The Hall–Kier alpha value is -4.27. The number of amides is 2. The van der Waals surface area contributed by atoms with E-state index in [1.165, 1.54) is 24.3 Å². The SMILES string of the molecule is O=C1CCc2c(Oc3ccc4c(c3)CC(C(=O)NCC(=O)c3ccc(F)cc3)CO4)ccnc2N1. The van der Waals surface area contributed by atoms with Crippen LogP contribution < -0.4 is 20.1 Å². The third kappa shape index (κ3) is 4.98. The first-order valence-electron chi connectivity index (χ1n) is 11.2. The van der Waals surface area contributed by atoms with E-state index in [1.54, 1.807) is 24.4 Å². The van der Waals surface area contributed by atoms with Crippen molar-refractivity contribution in [1.29, 1.82) is 0 Å². The van der Waals surface area contributed by atoms with E-state index in [4.69, 9.17) is 9.47 Å². The second-order valence-electron chi connectivity index (χ2n) is 8.42. The molecule has 3 heterocycles. The zero-order valence-corrected chi connectivity index (χ0v) is 18.7. The summed E-state index contributed by atoms with van der Waals surface area (Å²) in [4.78, 5) is 40.8. The van der Waals surface area contributed by atoms with Crippen molar-refractivity contribution in [3.8, 4) is 17.2 Å². The number of carbonyl (C=O) groups is 3. The second kappa shape index (κ2) is 9.54. The van der Waals surface area contributed by atoms with Crippen molar-refractivity contribution in [2.24, 2.45) is 5.92 Å². The number of ketones is 1. The molecule has 178 valence electrons. The summed E-state index contributed by atoms with van der Waals surface area (Å²) in [6, 6.07) is 12.4. The Bertz CT molecular complexity index is 1310. The first kappa shape index (κ1) is 22.5. The Morgan fingerprint density at radius 1 is 1.14 bits per heavy atom. The summed E-state index contributed by atoms with van der Waals surface area (Å²) in [7, 11) is 0. The molecule has 2 N–H and O–H groups in total. The molecule has 35 heavy (non-hydrogen) atoms. The van der Waals surface area contributed by atoms with E-state index in [-0.39, 0.29) is 30.7 Å². The molecule has 2 aliphatic heterocycles. The van der Waals surface area contributed by atoms with Gasteiger partial charge in [-0.25, -0.2) is 9.37 Å². The fraction of sp³-hybridized carbons (Fsp3) is 0.231. The summed E-state index contributed by atoms with van der Waals surface area (Å²) < 4.78 is 24.9. The van der Waals surface area contributed by atoms with Crippen LogP contribution in [0.2, 0.25) is 0 Å². The van der Waals surface area contributed by atoms with Gasteiger partial charge in [-0.15, -0.1) is 0 Å². The van der Waals surface area contributed by atoms with Gasteiger partial charge in [0.25, 0.3) is 0 Å². The lowest BCUT2D eigenvalue weighted by atomic mass is 9.95. The molecule has 2 aliphatic rings. The van der Waals surface area contributed by atoms with Gasteiger partial charge in [-0.3, -0.25) is 14.4 Å². The molecule has 0 saturated heterocycles. The summed E-state index contributed by atoms with van der Waals surface area (Å²) in [5, 5.41) is 5.41. The Kier molecular flexibility index (Phi) is 6.13. The monoisotopic (exact) mass is 475 g/mol. The highest BCUT2D eigenvalue weighted by Crippen LogP contribution is 2.36. The number of fused-ring (bicyclic) bond motifs is 2. The van der Waals surface area contributed by atoms with E-state index >= 15 is 0 Å². The van der Waals surface area contributed by atoms with Gasteiger partial charge in [0.2, 0.25) is 11.8 Å². The van der Waals surface area contributed by atoms with Gasteiger partial charge in [0.1, 0.15) is 35.5 Å². The molecule has 0 aliphatic carbocycles. The molecule has 8 nitrogen and oxygen atoms in total. The van der Waals surface area contributed by atoms with Gasteiger partial charge in [-0.1, -0.05) is 0 Å². The molecule has 0 fully saturated rings. The van der Waals surface area contributed by atoms with Gasteiger partial charge in [-0.05, 0) is 66.9 Å². The smallest absolute Gasteiger partial charge is 0.227 e. The van der Waals surface area contributed by atoms with Crippen LogP contribution in [-0.2, 0) is 22.4 Å². The predicted molar refractivity (Wildman–Crippen MR) is 124 cm³/mol. The lowest BCUT2D eigenvalue weighted by molar-refractivity contribution is -0.126. The number of carbonyl (C=O) groups excluding carboxylic acids is 3. The minimum absolute atomic E-state index is 0.0724. The van der Waals surface area contributed by atoms with E-state index in [2.05, 4.69) is 15.6 Å². The third-order valence-corrected chi connectivity index (χ3v) is 6.00. The fourth-order valence-electron chi connectivity index (χ4n) is 4.13. The number of anilines is 1. The van der Waals surface area contributed by atoms with Crippen molar-refractivity contribution in [2.75, 3.05) is 18.5 Å². The van der Waals surface area contributed by atoms with Crippen LogP contribution in [0.5, 0.6) is 17.2 Å². The molecule has 1 aromatic heterocycles. The Morgan fingerprint density at radius 3 is 2.80 bits per heavy atom. The van der Waals surface area contributed by atoms with Gasteiger partial charge in [0.15, 0.2) is 5.78 Å². The predicted octanol–water partition coefficient (Wildman–Crippen LogP) is 3.45. The van der Waals surface area contributed by atoms with Crippen LogP contribution in [0, 0.1) is 11.7 Å². The van der Waals surface area contributed by atoms with E-state index in [9.17, 15) is 18.8 Å². The summed E-state index contributed by atoms with van der Waals surface area (Å²) in [6.07, 6.45) is 2.91. The number of halogens is 1. The number of nitrogens with zero attached hydrogens (tertiary/aromatic N) is 1. The van der Waals surface area contributed by atoms with Crippen LogP contribution in [0.1, 0.15) is 27.9 Å². The largest absolute Gasteiger partial charge is 0.492 e. The number of Topliss-reactive ketones (excluding diaryl/α,β-unsaturated/α-hetero) is 1.